The summed E-state index contributed by atoms with van der Waals surface area (Å²) in [5.74, 6) is 0.744. The van der Waals surface area contributed by atoms with Crippen LogP contribution in [0.3, 0.4) is 0 Å². The van der Waals surface area contributed by atoms with Crippen LogP contribution in [0, 0.1) is 0 Å². The van der Waals surface area contributed by atoms with Gasteiger partial charge in [-0.15, -0.1) is 11.3 Å². The lowest BCUT2D eigenvalue weighted by Gasteiger charge is -2.25. The molecule has 170 valence electrons. The number of hydrogen-bond acceptors (Lipinski definition) is 5. The Bertz CT molecular complexity index is 1160. The number of anilines is 1. The summed E-state index contributed by atoms with van der Waals surface area (Å²) in [5, 5.41) is 6.62. The predicted molar refractivity (Wildman–Crippen MR) is 128 cm³/mol. The van der Waals surface area contributed by atoms with E-state index in [4.69, 9.17) is 9.47 Å². The highest BCUT2D eigenvalue weighted by Gasteiger charge is 2.31. The minimum Gasteiger partial charge on any atom is -0.485 e. The van der Waals surface area contributed by atoms with Crippen molar-refractivity contribution in [2.75, 3.05) is 18.5 Å². The minimum atomic E-state index is -0.770. The molecule has 0 unspecified atom stereocenters. The number of aryl methyl sites for hydroxylation is 1. The molecule has 2 amide bonds. The van der Waals surface area contributed by atoms with Crippen molar-refractivity contribution in [2.45, 2.75) is 38.2 Å². The zero-order chi connectivity index (χ0) is 22.6. The Morgan fingerprint density at radius 3 is 2.58 bits per heavy atom. The molecule has 0 saturated heterocycles. The first kappa shape index (κ1) is 21.5. The normalized spacial score (nSPS) is 16.5. The Morgan fingerprint density at radius 1 is 0.970 bits per heavy atom. The van der Waals surface area contributed by atoms with Crippen molar-refractivity contribution in [3.63, 3.8) is 0 Å². The van der Waals surface area contributed by atoms with E-state index in [2.05, 4.69) is 22.8 Å². The SMILES string of the molecule is O=C(NCCc1ccccc1)c1c(NC(=O)[C@H]2COc3ccccc3O2)sc2c1CCCC2. The van der Waals surface area contributed by atoms with E-state index in [-0.39, 0.29) is 18.4 Å². The van der Waals surface area contributed by atoms with Gasteiger partial charge >= 0.3 is 0 Å². The number of rotatable bonds is 6. The van der Waals surface area contributed by atoms with Crippen molar-refractivity contribution in [1.82, 2.24) is 5.32 Å². The summed E-state index contributed by atoms with van der Waals surface area (Å²) in [5.41, 5.74) is 2.85. The number of carbonyl (C=O) groups is 2. The van der Waals surface area contributed by atoms with E-state index < -0.39 is 6.10 Å². The summed E-state index contributed by atoms with van der Waals surface area (Å²) in [7, 11) is 0. The van der Waals surface area contributed by atoms with Crippen molar-refractivity contribution < 1.29 is 19.1 Å². The van der Waals surface area contributed by atoms with Crippen LogP contribution in [-0.4, -0.2) is 31.1 Å². The average molecular weight is 463 g/mol. The summed E-state index contributed by atoms with van der Waals surface area (Å²) < 4.78 is 11.5. The van der Waals surface area contributed by atoms with Gasteiger partial charge in [-0.25, -0.2) is 0 Å². The number of ether oxygens (including phenoxy) is 2. The van der Waals surface area contributed by atoms with Crippen LogP contribution in [0.15, 0.2) is 54.6 Å². The lowest BCUT2D eigenvalue weighted by Crippen LogP contribution is -2.40. The van der Waals surface area contributed by atoms with E-state index in [1.54, 1.807) is 6.07 Å². The summed E-state index contributed by atoms with van der Waals surface area (Å²) in [6, 6.07) is 17.4. The number of nitrogens with one attached hydrogen (secondary N) is 2. The molecule has 2 aliphatic rings. The van der Waals surface area contributed by atoms with Crippen LogP contribution >= 0.6 is 11.3 Å². The van der Waals surface area contributed by atoms with Gasteiger partial charge in [-0.1, -0.05) is 42.5 Å². The van der Waals surface area contributed by atoms with Gasteiger partial charge in [0.25, 0.3) is 11.8 Å². The number of amides is 2. The molecule has 2 N–H and O–H groups in total. The zero-order valence-electron chi connectivity index (χ0n) is 18.3. The standard InChI is InChI=1S/C26H26N2O4S/c29-24(21-16-31-19-11-5-6-12-20(19)32-21)28-26-23(18-10-4-7-13-22(18)33-26)25(30)27-15-14-17-8-2-1-3-9-17/h1-3,5-6,8-9,11-12,21H,4,7,10,13-16H2,(H,27,30)(H,28,29)/t21-/m1/s1. The van der Waals surface area contributed by atoms with E-state index in [9.17, 15) is 9.59 Å². The number of thiophene rings is 1. The highest BCUT2D eigenvalue weighted by Crippen LogP contribution is 2.38. The Labute approximate surface area is 196 Å². The van der Waals surface area contributed by atoms with Gasteiger partial charge in [-0.05, 0) is 55.4 Å². The third-order valence-electron chi connectivity index (χ3n) is 5.98. The number of benzene rings is 2. The molecule has 2 aromatic carbocycles. The molecule has 7 heteroatoms. The van der Waals surface area contributed by atoms with Crippen molar-refractivity contribution in [1.29, 1.82) is 0 Å². The molecular formula is C26H26N2O4S. The summed E-state index contributed by atoms with van der Waals surface area (Å²) in [6.07, 6.45) is 3.95. The van der Waals surface area contributed by atoms with E-state index in [0.717, 1.165) is 37.7 Å². The van der Waals surface area contributed by atoms with Gasteiger partial charge in [0.2, 0.25) is 6.10 Å². The average Bonchev–Trinajstić information content (AvgIpc) is 3.22. The molecule has 0 saturated carbocycles. The van der Waals surface area contributed by atoms with Gasteiger partial charge in [0, 0.05) is 11.4 Å². The zero-order valence-corrected chi connectivity index (χ0v) is 19.1. The fourth-order valence-corrected chi connectivity index (χ4v) is 5.58. The monoisotopic (exact) mass is 462 g/mol. The van der Waals surface area contributed by atoms with Crippen LogP contribution in [-0.2, 0) is 24.1 Å². The molecule has 3 aromatic rings. The van der Waals surface area contributed by atoms with E-state index in [0.29, 0.717) is 28.6 Å². The lowest BCUT2D eigenvalue weighted by atomic mass is 9.95. The van der Waals surface area contributed by atoms with Crippen LogP contribution in [0.25, 0.3) is 0 Å². The molecule has 0 fully saturated rings. The number of para-hydroxylation sites is 2. The van der Waals surface area contributed by atoms with Crippen molar-refractivity contribution in [3.8, 4) is 11.5 Å². The molecule has 6 nitrogen and oxygen atoms in total. The fourth-order valence-electron chi connectivity index (χ4n) is 4.29. The van der Waals surface area contributed by atoms with Gasteiger partial charge in [-0.3, -0.25) is 9.59 Å². The first-order chi connectivity index (χ1) is 16.2. The molecule has 1 aliphatic carbocycles. The second-order valence-electron chi connectivity index (χ2n) is 8.26. The maximum atomic E-state index is 13.2. The first-order valence-electron chi connectivity index (χ1n) is 11.3. The van der Waals surface area contributed by atoms with Crippen molar-refractivity contribution in [2.24, 2.45) is 0 Å². The third kappa shape index (κ3) is 4.73. The molecule has 0 radical (unpaired) electrons. The van der Waals surface area contributed by atoms with Crippen molar-refractivity contribution in [3.05, 3.63) is 76.2 Å². The van der Waals surface area contributed by atoms with Crippen LogP contribution in [0.1, 0.15) is 39.2 Å². The molecule has 2 heterocycles. The highest BCUT2D eigenvalue weighted by atomic mass is 32.1. The third-order valence-corrected chi connectivity index (χ3v) is 7.19. The molecular weight excluding hydrogens is 436 g/mol. The van der Waals surface area contributed by atoms with E-state index >= 15 is 0 Å². The number of fused-ring (bicyclic) bond motifs is 2. The Kier molecular flexibility index (Phi) is 6.30. The van der Waals surface area contributed by atoms with Crippen molar-refractivity contribution >= 4 is 28.2 Å². The molecule has 33 heavy (non-hydrogen) atoms. The second-order valence-corrected chi connectivity index (χ2v) is 9.37. The quantitative estimate of drug-likeness (QED) is 0.570. The van der Waals surface area contributed by atoms with Crippen LogP contribution in [0.2, 0.25) is 0 Å². The smallest absolute Gasteiger partial charge is 0.269 e. The van der Waals surface area contributed by atoms with Crippen LogP contribution in [0.4, 0.5) is 5.00 Å². The maximum absolute atomic E-state index is 13.2. The second kappa shape index (κ2) is 9.67. The Hall–Kier alpha value is -3.32. The van der Waals surface area contributed by atoms with Crippen LogP contribution in [0.5, 0.6) is 11.5 Å². The maximum Gasteiger partial charge on any atom is 0.269 e. The minimum absolute atomic E-state index is 0.131. The number of carbonyl (C=O) groups excluding carboxylic acids is 2. The molecule has 1 aliphatic heterocycles. The Morgan fingerprint density at radius 2 is 1.73 bits per heavy atom. The lowest BCUT2D eigenvalue weighted by molar-refractivity contribution is -0.125. The van der Waals surface area contributed by atoms with E-state index in [1.807, 2.05) is 36.4 Å². The Balaban J connectivity index is 1.30. The molecule has 5 rings (SSSR count). The van der Waals surface area contributed by atoms with Gasteiger partial charge in [0.1, 0.15) is 11.6 Å². The number of hydrogen-bond donors (Lipinski definition) is 2. The largest absolute Gasteiger partial charge is 0.485 e. The fraction of sp³-hybridized carbons (Fsp3) is 0.308. The van der Waals surface area contributed by atoms with Gasteiger partial charge in [-0.2, -0.15) is 0 Å². The van der Waals surface area contributed by atoms with E-state index in [1.165, 1.54) is 21.8 Å². The summed E-state index contributed by atoms with van der Waals surface area (Å²) >= 11 is 1.51. The molecule has 1 atom stereocenters. The highest BCUT2D eigenvalue weighted by molar-refractivity contribution is 7.17. The first-order valence-corrected chi connectivity index (χ1v) is 12.2. The van der Waals surface area contributed by atoms with Gasteiger partial charge in [0.15, 0.2) is 11.5 Å². The summed E-state index contributed by atoms with van der Waals surface area (Å²) in [4.78, 5) is 27.4. The predicted octanol–water partition coefficient (Wildman–Crippen LogP) is 4.38. The summed E-state index contributed by atoms with van der Waals surface area (Å²) in [6.45, 7) is 0.670. The molecule has 0 spiro atoms. The molecule has 1 aromatic heterocycles. The topological polar surface area (TPSA) is 76.7 Å². The van der Waals surface area contributed by atoms with Crippen LogP contribution < -0.4 is 20.1 Å². The van der Waals surface area contributed by atoms with Gasteiger partial charge < -0.3 is 20.1 Å². The molecule has 0 bridgehead atoms. The van der Waals surface area contributed by atoms with Gasteiger partial charge in [0.05, 0.1) is 5.56 Å².